The van der Waals surface area contributed by atoms with E-state index in [4.69, 9.17) is 4.42 Å². The molecule has 62 heavy (non-hydrogen) atoms. The van der Waals surface area contributed by atoms with Gasteiger partial charge in [-0.2, -0.15) is 0 Å². The van der Waals surface area contributed by atoms with Crippen molar-refractivity contribution < 1.29 is 4.42 Å². The van der Waals surface area contributed by atoms with Crippen molar-refractivity contribution in [1.82, 2.24) is 4.57 Å². The molecule has 0 atom stereocenters. The van der Waals surface area contributed by atoms with Gasteiger partial charge in [0.1, 0.15) is 11.2 Å². The minimum atomic E-state index is -0.584. The summed E-state index contributed by atoms with van der Waals surface area (Å²) in [5.41, 5.74) is 20.2. The van der Waals surface area contributed by atoms with Crippen molar-refractivity contribution in [3.05, 3.63) is 257 Å². The molecule has 0 radical (unpaired) electrons. The summed E-state index contributed by atoms with van der Waals surface area (Å²) in [6.07, 6.45) is 0. The fourth-order valence-electron chi connectivity index (χ4n) is 12.6. The molecular formula is C60H35NO. The maximum Gasteiger partial charge on any atom is 0.135 e. The minimum absolute atomic E-state index is 0.482. The van der Waals surface area contributed by atoms with Gasteiger partial charge in [0.15, 0.2) is 0 Å². The Labute approximate surface area is 357 Å². The van der Waals surface area contributed by atoms with Crippen LogP contribution >= 0.6 is 0 Å². The largest absolute Gasteiger partial charge is 0.456 e. The second-order valence-corrected chi connectivity index (χ2v) is 17.4. The van der Waals surface area contributed by atoms with Crippen LogP contribution in [0.3, 0.4) is 0 Å². The normalized spacial score (nSPS) is 14.7. The van der Waals surface area contributed by atoms with Crippen LogP contribution in [0.15, 0.2) is 217 Å². The first-order chi connectivity index (χ1) is 30.8. The number of furan rings is 1. The van der Waals surface area contributed by atoms with Gasteiger partial charge in [0, 0.05) is 27.2 Å². The van der Waals surface area contributed by atoms with Crippen molar-refractivity contribution in [2.75, 3.05) is 0 Å². The van der Waals surface area contributed by atoms with Crippen LogP contribution in [0.5, 0.6) is 0 Å². The number of benzene rings is 10. The van der Waals surface area contributed by atoms with Crippen LogP contribution in [0.4, 0.5) is 0 Å². The molecule has 15 rings (SSSR count). The standard InChI is InChI=1S/C60H35NO/c1-2-16-38-36(15-1)29-31-54-58(38)45-34-43-41-19-5-9-23-48(41)60(53(43)35-55(45)61(54)37-30-32-57-44(33-37)42-20-6-14-28-56(42)62-57)51-26-12-10-24-49(51)59(50-25-11-13-27-52(50)60)46-21-7-3-17-39(46)40-18-4-8-22-47(40)59/h1-35H. The summed E-state index contributed by atoms with van der Waals surface area (Å²) in [5.74, 6) is 0. The van der Waals surface area contributed by atoms with E-state index in [-0.39, 0.29) is 0 Å². The van der Waals surface area contributed by atoms with Crippen LogP contribution < -0.4 is 0 Å². The van der Waals surface area contributed by atoms with Gasteiger partial charge in [0.25, 0.3) is 0 Å². The average molecular weight is 786 g/mol. The third-order valence-electron chi connectivity index (χ3n) is 14.9. The lowest BCUT2D eigenvalue weighted by atomic mass is 9.52. The molecule has 0 unspecified atom stereocenters. The third-order valence-corrected chi connectivity index (χ3v) is 14.9. The van der Waals surface area contributed by atoms with E-state index in [2.05, 4.69) is 211 Å². The van der Waals surface area contributed by atoms with Gasteiger partial charge in [-0.15, -0.1) is 0 Å². The number of fused-ring (bicyclic) bond motifs is 24. The number of aromatic nitrogens is 1. The molecule has 0 fully saturated rings. The molecule has 0 N–H and O–H groups in total. The Bertz CT molecular complexity index is 3860. The van der Waals surface area contributed by atoms with E-state index >= 15 is 0 Å². The van der Waals surface area contributed by atoms with E-state index in [0.29, 0.717) is 0 Å². The Hall–Kier alpha value is -7.94. The van der Waals surface area contributed by atoms with Crippen molar-refractivity contribution in [1.29, 1.82) is 0 Å². The molecule has 3 aliphatic rings. The monoisotopic (exact) mass is 785 g/mol. The molecule has 2 spiro atoms. The summed E-state index contributed by atoms with van der Waals surface area (Å²) in [6.45, 7) is 0. The molecule has 10 aromatic carbocycles. The van der Waals surface area contributed by atoms with Crippen LogP contribution in [-0.2, 0) is 10.8 Å². The lowest BCUT2D eigenvalue weighted by Gasteiger charge is -2.48. The second-order valence-electron chi connectivity index (χ2n) is 17.4. The molecule has 0 aliphatic heterocycles. The fraction of sp³-hybridized carbons (Fsp3) is 0.0333. The predicted molar refractivity (Wildman–Crippen MR) is 254 cm³/mol. The summed E-state index contributed by atoms with van der Waals surface area (Å²) in [7, 11) is 0. The highest BCUT2D eigenvalue weighted by Crippen LogP contribution is 2.67. The zero-order chi connectivity index (χ0) is 40.3. The first kappa shape index (κ1) is 32.9. The molecule has 0 amide bonds. The summed E-state index contributed by atoms with van der Waals surface area (Å²) in [6, 6.07) is 79.9. The second kappa shape index (κ2) is 11.5. The molecule has 0 saturated carbocycles. The van der Waals surface area contributed by atoms with Crippen molar-refractivity contribution >= 4 is 54.5 Å². The van der Waals surface area contributed by atoms with Gasteiger partial charge in [0.2, 0.25) is 0 Å². The number of nitrogens with zero attached hydrogens (tertiary/aromatic N) is 1. The number of hydrogen-bond acceptors (Lipinski definition) is 1. The van der Waals surface area contributed by atoms with Gasteiger partial charge in [-0.05, 0) is 120 Å². The average Bonchev–Trinajstić information content (AvgIpc) is 4.05. The SMILES string of the molecule is c1ccc2c(c1)-c1ccccc1C21c2ccccc2C2(c3ccccc3-c3cc4c5c6ccccc6ccc5n(-c5ccc6oc7ccccc7c6c5)c4cc32)c2ccccc21. The molecule has 2 nitrogen and oxygen atoms in total. The molecule has 2 heteroatoms. The summed E-state index contributed by atoms with van der Waals surface area (Å²) >= 11 is 0. The summed E-state index contributed by atoms with van der Waals surface area (Å²) in [5, 5.41) is 7.29. The van der Waals surface area contributed by atoms with Gasteiger partial charge in [-0.25, -0.2) is 0 Å². The van der Waals surface area contributed by atoms with Crippen LogP contribution in [0.25, 0.3) is 82.5 Å². The Morgan fingerprint density at radius 3 is 1.45 bits per heavy atom. The molecule has 0 saturated heterocycles. The quantitative estimate of drug-likeness (QED) is 0.162. The van der Waals surface area contributed by atoms with Crippen LogP contribution in [0.2, 0.25) is 0 Å². The third kappa shape index (κ3) is 3.72. The zero-order valence-corrected chi connectivity index (χ0v) is 33.6. The molecule has 2 aromatic heterocycles. The molecule has 3 aliphatic carbocycles. The summed E-state index contributed by atoms with van der Waals surface area (Å²) in [4.78, 5) is 0. The topological polar surface area (TPSA) is 18.1 Å². The van der Waals surface area contributed by atoms with Crippen LogP contribution in [-0.4, -0.2) is 4.57 Å². The molecule has 12 aromatic rings. The van der Waals surface area contributed by atoms with E-state index in [1.807, 2.05) is 6.07 Å². The van der Waals surface area contributed by atoms with Crippen molar-refractivity contribution in [2.24, 2.45) is 0 Å². The van der Waals surface area contributed by atoms with Gasteiger partial charge in [0.05, 0.1) is 21.9 Å². The van der Waals surface area contributed by atoms with Gasteiger partial charge < -0.3 is 8.98 Å². The van der Waals surface area contributed by atoms with Crippen molar-refractivity contribution in [3.8, 4) is 27.9 Å². The first-order valence-electron chi connectivity index (χ1n) is 21.7. The summed E-state index contributed by atoms with van der Waals surface area (Å²) < 4.78 is 8.88. The number of rotatable bonds is 1. The van der Waals surface area contributed by atoms with E-state index in [1.54, 1.807) is 0 Å². The maximum atomic E-state index is 6.37. The van der Waals surface area contributed by atoms with Gasteiger partial charge in [-0.1, -0.05) is 170 Å². The van der Waals surface area contributed by atoms with Gasteiger partial charge in [-0.3, -0.25) is 0 Å². The Balaban J connectivity index is 1.11. The molecular weight excluding hydrogens is 751 g/mol. The highest BCUT2D eigenvalue weighted by Gasteiger charge is 2.59. The molecule has 0 bridgehead atoms. The highest BCUT2D eigenvalue weighted by atomic mass is 16.3. The first-order valence-corrected chi connectivity index (χ1v) is 21.7. The zero-order valence-electron chi connectivity index (χ0n) is 33.6. The predicted octanol–water partition coefficient (Wildman–Crippen LogP) is 14.9. The van der Waals surface area contributed by atoms with Crippen molar-refractivity contribution in [3.63, 3.8) is 0 Å². The van der Waals surface area contributed by atoms with Gasteiger partial charge >= 0.3 is 0 Å². The van der Waals surface area contributed by atoms with E-state index in [1.165, 1.54) is 99.3 Å². The van der Waals surface area contributed by atoms with E-state index < -0.39 is 10.8 Å². The Morgan fingerprint density at radius 2 is 0.806 bits per heavy atom. The minimum Gasteiger partial charge on any atom is -0.456 e. The Kier molecular flexibility index (Phi) is 6.07. The maximum absolute atomic E-state index is 6.37. The molecule has 286 valence electrons. The number of para-hydroxylation sites is 1. The van der Waals surface area contributed by atoms with Crippen molar-refractivity contribution in [2.45, 2.75) is 10.8 Å². The lowest BCUT2D eigenvalue weighted by Crippen LogP contribution is -2.43. The smallest absolute Gasteiger partial charge is 0.135 e. The van der Waals surface area contributed by atoms with E-state index in [0.717, 1.165) is 27.6 Å². The fourth-order valence-corrected chi connectivity index (χ4v) is 12.6. The highest BCUT2D eigenvalue weighted by molar-refractivity contribution is 6.22. The number of hydrogen-bond donors (Lipinski definition) is 0. The lowest BCUT2D eigenvalue weighted by molar-refractivity contribution is 0.633. The Morgan fingerprint density at radius 1 is 0.306 bits per heavy atom. The van der Waals surface area contributed by atoms with Crippen LogP contribution in [0, 0.1) is 0 Å². The van der Waals surface area contributed by atoms with Crippen LogP contribution in [0.1, 0.15) is 44.5 Å². The molecule has 2 heterocycles. The van der Waals surface area contributed by atoms with E-state index in [9.17, 15) is 0 Å².